The molecule has 1 N–H and O–H groups in total. The number of aryl methyl sites for hydroxylation is 1. The second-order valence-corrected chi connectivity index (χ2v) is 8.00. The molecular formula is C19H16F4N2O3S. The molecule has 0 bridgehead atoms. The highest BCUT2D eigenvalue weighted by Crippen LogP contribution is 2.37. The van der Waals surface area contributed by atoms with E-state index in [1.54, 1.807) is 19.9 Å². The summed E-state index contributed by atoms with van der Waals surface area (Å²) in [6.07, 6.45) is -8.13. The molecule has 5 nitrogen and oxygen atoms in total. The van der Waals surface area contributed by atoms with Crippen molar-refractivity contribution in [2.45, 2.75) is 31.1 Å². The van der Waals surface area contributed by atoms with Crippen LogP contribution in [0.25, 0.3) is 11.1 Å². The number of hydrogen-bond donors (Lipinski definition) is 1. The molecule has 3 rings (SSSR count). The van der Waals surface area contributed by atoms with Crippen molar-refractivity contribution in [2.75, 3.05) is 4.72 Å². The lowest BCUT2D eigenvalue weighted by Gasteiger charge is -2.14. The molecule has 0 saturated carbocycles. The first kappa shape index (κ1) is 20.8. The van der Waals surface area contributed by atoms with Gasteiger partial charge in [0.1, 0.15) is 0 Å². The summed E-state index contributed by atoms with van der Waals surface area (Å²) in [5, 5.41) is 3.69. The van der Waals surface area contributed by atoms with E-state index < -0.39 is 27.9 Å². The minimum absolute atomic E-state index is 0.0295. The molecular weight excluding hydrogens is 412 g/mol. The summed E-state index contributed by atoms with van der Waals surface area (Å²) < 4.78 is 84.1. The molecule has 1 atom stereocenters. The van der Waals surface area contributed by atoms with E-state index in [2.05, 4.69) is 9.88 Å². The van der Waals surface area contributed by atoms with Gasteiger partial charge in [0.25, 0.3) is 10.0 Å². The number of halogens is 4. The monoisotopic (exact) mass is 428 g/mol. The van der Waals surface area contributed by atoms with Crippen molar-refractivity contribution in [1.82, 2.24) is 5.16 Å². The first-order valence-corrected chi connectivity index (χ1v) is 9.85. The summed E-state index contributed by atoms with van der Waals surface area (Å²) >= 11 is 0. The minimum atomic E-state index is -5.01. The third-order valence-electron chi connectivity index (χ3n) is 4.36. The number of hydrogen-bond acceptors (Lipinski definition) is 4. The maximum atomic E-state index is 13.5. The van der Waals surface area contributed by atoms with Crippen molar-refractivity contribution in [1.29, 1.82) is 0 Å². The van der Waals surface area contributed by atoms with E-state index in [-0.39, 0.29) is 16.3 Å². The number of rotatable bonds is 5. The van der Waals surface area contributed by atoms with Crippen molar-refractivity contribution in [3.8, 4) is 11.1 Å². The maximum Gasteiger partial charge on any atom is 0.423 e. The molecule has 1 aromatic heterocycles. The van der Waals surface area contributed by atoms with Gasteiger partial charge in [0.15, 0.2) is 0 Å². The summed E-state index contributed by atoms with van der Waals surface area (Å²) in [4.78, 5) is -0.117. The summed E-state index contributed by atoms with van der Waals surface area (Å²) in [6, 6.07) is 10.4. The molecule has 1 unspecified atom stereocenters. The Labute approximate surface area is 164 Å². The van der Waals surface area contributed by atoms with E-state index in [9.17, 15) is 26.0 Å². The highest BCUT2D eigenvalue weighted by atomic mass is 32.2. The van der Waals surface area contributed by atoms with E-state index in [4.69, 9.17) is 4.52 Å². The van der Waals surface area contributed by atoms with E-state index in [1.165, 1.54) is 30.3 Å². The number of aromatic nitrogens is 1. The Hall–Kier alpha value is -2.88. The Morgan fingerprint density at radius 3 is 2.21 bits per heavy atom. The van der Waals surface area contributed by atoms with Crippen LogP contribution in [0.4, 0.5) is 23.4 Å². The number of alkyl halides is 4. The van der Waals surface area contributed by atoms with Crippen molar-refractivity contribution < 1.29 is 30.5 Å². The van der Waals surface area contributed by atoms with Gasteiger partial charge in [0.05, 0.1) is 10.6 Å². The van der Waals surface area contributed by atoms with Crippen LogP contribution < -0.4 is 4.72 Å². The molecule has 0 spiro atoms. The Morgan fingerprint density at radius 2 is 1.66 bits per heavy atom. The number of benzene rings is 2. The maximum absolute atomic E-state index is 13.5. The predicted octanol–water partition coefficient (Wildman–Crippen LogP) is 5.33. The summed E-state index contributed by atoms with van der Waals surface area (Å²) in [5.74, 6) is -0.0295. The third-order valence-corrected chi connectivity index (χ3v) is 5.75. The van der Waals surface area contributed by atoms with Gasteiger partial charge in [0, 0.05) is 11.1 Å². The molecule has 0 aliphatic carbocycles. The molecule has 10 heteroatoms. The zero-order valence-electron chi connectivity index (χ0n) is 15.3. The SMILES string of the molecule is Cc1noc(NS(=O)(=O)c2ccccc2-c2ccc(C(F)C(F)(F)F)cc2)c1C. The second-order valence-electron chi connectivity index (χ2n) is 6.35. The highest BCUT2D eigenvalue weighted by molar-refractivity contribution is 7.92. The number of anilines is 1. The number of nitrogens with one attached hydrogen (secondary N) is 1. The molecule has 0 amide bonds. The van der Waals surface area contributed by atoms with Crippen LogP contribution in [0.15, 0.2) is 57.9 Å². The minimum Gasteiger partial charge on any atom is -0.337 e. The third kappa shape index (κ3) is 4.26. The molecule has 29 heavy (non-hydrogen) atoms. The zero-order valence-corrected chi connectivity index (χ0v) is 16.1. The van der Waals surface area contributed by atoms with Crippen LogP contribution in [0.2, 0.25) is 0 Å². The number of nitrogens with zero attached hydrogens (tertiary/aromatic N) is 1. The molecule has 0 radical (unpaired) electrons. The van der Waals surface area contributed by atoms with Crippen LogP contribution in [0.1, 0.15) is 23.0 Å². The zero-order chi connectivity index (χ0) is 21.4. The van der Waals surface area contributed by atoms with Crippen LogP contribution in [-0.2, 0) is 10.0 Å². The molecule has 0 aliphatic heterocycles. The number of sulfonamides is 1. The summed E-state index contributed by atoms with van der Waals surface area (Å²) in [7, 11) is -4.09. The van der Waals surface area contributed by atoms with Gasteiger partial charge in [-0.05, 0) is 31.0 Å². The lowest BCUT2D eigenvalue weighted by Crippen LogP contribution is -2.16. The van der Waals surface area contributed by atoms with E-state index in [0.29, 0.717) is 16.8 Å². The Kier molecular flexibility index (Phi) is 5.40. The fourth-order valence-electron chi connectivity index (χ4n) is 2.65. The van der Waals surface area contributed by atoms with Crippen LogP contribution in [-0.4, -0.2) is 19.8 Å². The molecule has 1 heterocycles. The molecule has 3 aromatic rings. The quantitative estimate of drug-likeness (QED) is 0.558. The van der Waals surface area contributed by atoms with Crippen molar-refractivity contribution in [3.05, 3.63) is 65.4 Å². The molecule has 0 aliphatic rings. The largest absolute Gasteiger partial charge is 0.423 e. The summed E-state index contributed by atoms with van der Waals surface area (Å²) in [6.45, 7) is 3.30. The van der Waals surface area contributed by atoms with Gasteiger partial charge in [-0.1, -0.05) is 47.6 Å². The van der Waals surface area contributed by atoms with Gasteiger partial charge in [-0.3, -0.25) is 0 Å². The molecule has 0 fully saturated rings. The first-order valence-electron chi connectivity index (χ1n) is 8.36. The standard InChI is InChI=1S/C19H16F4N2O3S/c1-11-12(2)24-28-18(11)25-29(26,27)16-6-4-3-5-15(16)13-7-9-14(10-8-13)17(20)19(21,22)23/h3-10,17,25H,1-2H3. The van der Waals surface area contributed by atoms with Crippen LogP contribution in [0.5, 0.6) is 0 Å². The van der Waals surface area contributed by atoms with Crippen molar-refractivity contribution in [2.24, 2.45) is 0 Å². The van der Waals surface area contributed by atoms with E-state index in [1.807, 2.05) is 0 Å². The normalized spacial score (nSPS) is 13.3. The Bertz CT molecular complexity index is 1120. The molecule has 2 aromatic carbocycles. The molecule has 0 saturated heterocycles. The smallest absolute Gasteiger partial charge is 0.337 e. The summed E-state index contributed by atoms with van der Waals surface area (Å²) in [5.41, 5.74) is 1.04. The fourth-order valence-corrected chi connectivity index (χ4v) is 3.93. The van der Waals surface area contributed by atoms with Crippen molar-refractivity contribution >= 4 is 15.9 Å². The van der Waals surface area contributed by atoms with Crippen molar-refractivity contribution in [3.63, 3.8) is 0 Å². The Morgan fingerprint density at radius 1 is 1.03 bits per heavy atom. The van der Waals surface area contributed by atoms with Gasteiger partial charge in [-0.15, -0.1) is 0 Å². The topological polar surface area (TPSA) is 72.2 Å². The Balaban J connectivity index is 1.98. The average molecular weight is 428 g/mol. The van der Waals surface area contributed by atoms with E-state index >= 15 is 0 Å². The first-order chi connectivity index (χ1) is 13.5. The van der Waals surface area contributed by atoms with Crippen LogP contribution in [0.3, 0.4) is 0 Å². The predicted molar refractivity (Wildman–Crippen MR) is 98.6 cm³/mol. The van der Waals surface area contributed by atoms with Gasteiger partial charge in [-0.25, -0.2) is 17.5 Å². The molecule has 154 valence electrons. The van der Waals surface area contributed by atoms with E-state index in [0.717, 1.165) is 12.1 Å². The average Bonchev–Trinajstić information content (AvgIpc) is 2.98. The van der Waals surface area contributed by atoms with Gasteiger partial charge in [0.2, 0.25) is 12.1 Å². The fraction of sp³-hybridized carbons (Fsp3) is 0.211. The van der Waals surface area contributed by atoms with Gasteiger partial charge in [-0.2, -0.15) is 13.2 Å². The highest BCUT2D eigenvalue weighted by Gasteiger charge is 2.41. The van der Waals surface area contributed by atoms with Gasteiger partial charge < -0.3 is 4.52 Å². The van der Waals surface area contributed by atoms with Crippen LogP contribution in [0, 0.1) is 13.8 Å². The lowest BCUT2D eigenvalue weighted by atomic mass is 10.0. The van der Waals surface area contributed by atoms with Gasteiger partial charge >= 0.3 is 6.18 Å². The second kappa shape index (κ2) is 7.51. The lowest BCUT2D eigenvalue weighted by molar-refractivity contribution is -0.182. The van der Waals surface area contributed by atoms with Crippen LogP contribution >= 0.6 is 0 Å².